The van der Waals surface area contributed by atoms with Crippen LogP contribution < -0.4 is 11.3 Å². The summed E-state index contributed by atoms with van der Waals surface area (Å²) >= 11 is 0. The molecule has 17 heavy (non-hydrogen) atoms. The molecule has 0 bridgehead atoms. The molecule has 0 spiro atoms. The second-order valence-electron chi connectivity index (χ2n) is 3.92. The van der Waals surface area contributed by atoms with Crippen molar-refractivity contribution in [2.45, 2.75) is 19.4 Å². The topological polar surface area (TPSA) is 63.8 Å². The van der Waals surface area contributed by atoms with Gasteiger partial charge in [-0.25, -0.2) is 0 Å². The molecule has 88 valence electrons. The molecule has 3 N–H and O–H groups in total. The molecule has 4 heteroatoms. The van der Waals surface area contributed by atoms with Crippen LogP contribution in [0.5, 0.6) is 0 Å². The molecule has 0 saturated carbocycles. The fourth-order valence-corrected chi connectivity index (χ4v) is 1.85. The second-order valence-corrected chi connectivity index (χ2v) is 3.92. The van der Waals surface area contributed by atoms with E-state index >= 15 is 0 Å². The highest BCUT2D eigenvalue weighted by Gasteiger charge is 2.13. The molecule has 0 radical (unpaired) electrons. The van der Waals surface area contributed by atoms with Gasteiger partial charge in [-0.2, -0.15) is 0 Å². The highest BCUT2D eigenvalue weighted by molar-refractivity contribution is 5.24. The quantitative estimate of drug-likeness (QED) is 0.615. The molecule has 0 aromatic carbocycles. The number of nitrogens with zero attached hydrogens (tertiary/aromatic N) is 2. The molecular formula is C13H16N4. The van der Waals surface area contributed by atoms with Crippen LogP contribution in [-0.2, 0) is 6.42 Å². The van der Waals surface area contributed by atoms with E-state index < -0.39 is 0 Å². The van der Waals surface area contributed by atoms with Gasteiger partial charge in [-0.05, 0) is 30.7 Å². The molecule has 4 nitrogen and oxygen atoms in total. The van der Waals surface area contributed by atoms with Crippen molar-refractivity contribution >= 4 is 0 Å². The Labute approximate surface area is 101 Å². The smallest absolute Gasteiger partial charge is 0.0533 e. The summed E-state index contributed by atoms with van der Waals surface area (Å²) in [5, 5.41) is 0. The number of nitrogens with one attached hydrogen (secondary N) is 1. The van der Waals surface area contributed by atoms with Crippen LogP contribution in [0.3, 0.4) is 0 Å². The SMILES string of the molecule is Cc1ncccc1C(Cc1ccccn1)NN. The highest BCUT2D eigenvalue weighted by atomic mass is 15.2. The Morgan fingerprint density at radius 2 is 2.00 bits per heavy atom. The van der Waals surface area contributed by atoms with Crippen molar-refractivity contribution in [3.8, 4) is 0 Å². The normalized spacial score (nSPS) is 12.4. The predicted octanol–water partition coefficient (Wildman–Crippen LogP) is 1.53. The van der Waals surface area contributed by atoms with Crippen LogP contribution in [0.4, 0.5) is 0 Å². The van der Waals surface area contributed by atoms with Gasteiger partial charge in [0.15, 0.2) is 0 Å². The molecule has 2 heterocycles. The van der Waals surface area contributed by atoms with Crippen molar-refractivity contribution < 1.29 is 0 Å². The summed E-state index contributed by atoms with van der Waals surface area (Å²) in [5.74, 6) is 5.62. The molecule has 1 unspecified atom stereocenters. The molecule has 0 aliphatic carbocycles. The van der Waals surface area contributed by atoms with Gasteiger partial charge in [-0.1, -0.05) is 12.1 Å². The van der Waals surface area contributed by atoms with E-state index in [1.165, 1.54) is 0 Å². The molecule has 2 aromatic rings. The number of nitrogens with two attached hydrogens (primary N) is 1. The van der Waals surface area contributed by atoms with Gasteiger partial charge in [-0.3, -0.25) is 21.2 Å². The third-order valence-corrected chi connectivity index (χ3v) is 2.76. The number of hydrogen-bond acceptors (Lipinski definition) is 4. The standard InChI is InChI=1S/C13H16N4/c1-10-12(6-4-8-15-10)13(17-14)9-11-5-2-3-7-16-11/h2-8,13,17H,9,14H2,1H3. The van der Waals surface area contributed by atoms with E-state index in [-0.39, 0.29) is 6.04 Å². The van der Waals surface area contributed by atoms with Crippen molar-refractivity contribution in [3.05, 3.63) is 59.7 Å². The summed E-state index contributed by atoms with van der Waals surface area (Å²) in [4.78, 5) is 8.58. The Kier molecular flexibility index (Phi) is 3.80. The largest absolute Gasteiger partial charge is 0.271 e. The van der Waals surface area contributed by atoms with Crippen LogP contribution in [0.15, 0.2) is 42.7 Å². The third-order valence-electron chi connectivity index (χ3n) is 2.76. The number of hydrogen-bond donors (Lipinski definition) is 2. The van der Waals surface area contributed by atoms with E-state index in [1.54, 1.807) is 12.4 Å². The summed E-state index contributed by atoms with van der Waals surface area (Å²) in [6.45, 7) is 1.98. The molecular weight excluding hydrogens is 212 g/mol. The van der Waals surface area contributed by atoms with Crippen LogP contribution >= 0.6 is 0 Å². The molecule has 2 rings (SSSR count). The fourth-order valence-electron chi connectivity index (χ4n) is 1.85. The van der Waals surface area contributed by atoms with E-state index in [1.807, 2.05) is 37.3 Å². The Bertz CT molecular complexity index is 470. The van der Waals surface area contributed by atoms with Crippen LogP contribution in [-0.4, -0.2) is 9.97 Å². The van der Waals surface area contributed by atoms with E-state index in [0.717, 1.165) is 23.4 Å². The first-order valence-electron chi connectivity index (χ1n) is 5.59. The van der Waals surface area contributed by atoms with Gasteiger partial charge < -0.3 is 0 Å². The zero-order valence-corrected chi connectivity index (χ0v) is 9.80. The molecule has 0 fully saturated rings. The summed E-state index contributed by atoms with van der Waals surface area (Å²) in [7, 11) is 0. The van der Waals surface area contributed by atoms with Gasteiger partial charge in [-0.15, -0.1) is 0 Å². The predicted molar refractivity (Wildman–Crippen MR) is 67.0 cm³/mol. The second kappa shape index (κ2) is 5.52. The Morgan fingerprint density at radius 1 is 1.18 bits per heavy atom. The maximum absolute atomic E-state index is 5.62. The van der Waals surface area contributed by atoms with E-state index in [0.29, 0.717) is 0 Å². The molecule has 0 saturated heterocycles. The number of aryl methyl sites for hydroxylation is 1. The van der Waals surface area contributed by atoms with E-state index in [9.17, 15) is 0 Å². The fraction of sp³-hybridized carbons (Fsp3) is 0.231. The summed E-state index contributed by atoms with van der Waals surface area (Å²) in [5.41, 5.74) is 5.94. The number of pyridine rings is 2. The first-order valence-corrected chi connectivity index (χ1v) is 5.59. The zero-order valence-electron chi connectivity index (χ0n) is 9.80. The summed E-state index contributed by atoms with van der Waals surface area (Å²) in [6, 6.07) is 9.88. The first-order chi connectivity index (χ1) is 8.31. The third kappa shape index (κ3) is 2.87. The lowest BCUT2D eigenvalue weighted by atomic mass is 10.0. The lowest BCUT2D eigenvalue weighted by Gasteiger charge is -2.17. The average molecular weight is 228 g/mol. The highest BCUT2D eigenvalue weighted by Crippen LogP contribution is 2.18. The van der Waals surface area contributed by atoms with Crippen LogP contribution in [0.1, 0.15) is 23.0 Å². The van der Waals surface area contributed by atoms with Gasteiger partial charge in [0.2, 0.25) is 0 Å². The van der Waals surface area contributed by atoms with Gasteiger partial charge in [0.05, 0.1) is 6.04 Å². The molecule has 0 aliphatic heterocycles. The number of hydrazine groups is 1. The van der Waals surface area contributed by atoms with Crippen molar-refractivity contribution in [2.75, 3.05) is 0 Å². The number of aromatic nitrogens is 2. The van der Waals surface area contributed by atoms with Gasteiger partial charge in [0, 0.05) is 30.2 Å². The zero-order chi connectivity index (χ0) is 12.1. The molecule has 0 aliphatic rings. The first kappa shape index (κ1) is 11.7. The Hall–Kier alpha value is -1.78. The minimum atomic E-state index is 0.0404. The van der Waals surface area contributed by atoms with Gasteiger partial charge >= 0.3 is 0 Å². The van der Waals surface area contributed by atoms with Crippen LogP contribution in [0, 0.1) is 6.92 Å². The van der Waals surface area contributed by atoms with E-state index in [2.05, 4.69) is 15.4 Å². The van der Waals surface area contributed by atoms with Crippen molar-refractivity contribution in [1.29, 1.82) is 0 Å². The average Bonchev–Trinajstić information content (AvgIpc) is 2.38. The van der Waals surface area contributed by atoms with Crippen molar-refractivity contribution in [1.82, 2.24) is 15.4 Å². The van der Waals surface area contributed by atoms with Crippen LogP contribution in [0.2, 0.25) is 0 Å². The molecule has 1 atom stereocenters. The summed E-state index contributed by atoms with van der Waals surface area (Å²) < 4.78 is 0. The minimum Gasteiger partial charge on any atom is -0.271 e. The maximum Gasteiger partial charge on any atom is 0.0533 e. The van der Waals surface area contributed by atoms with Gasteiger partial charge in [0.25, 0.3) is 0 Å². The lowest BCUT2D eigenvalue weighted by Crippen LogP contribution is -2.30. The monoisotopic (exact) mass is 228 g/mol. The van der Waals surface area contributed by atoms with Crippen molar-refractivity contribution in [2.24, 2.45) is 5.84 Å². The Morgan fingerprint density at radius 3 is 2.65 bits per heavy atom. The van der Waals surface area contributed by atoms with Crippen molar-refractivity contribution in [3.63, 3.8) is 0 Å². The Balaban J connectivity index is 2.21. The van der Waals surface area contributed by atoms with E-state index in [4.69, 9.17) is 5.84 Å². The minimum absolute atomic E-state index is 0.0404. The lowest BCUT2D eigenvalue weighted by molar-refractivity contribution is 0.541. The number of rotatable bonds is 4. The molecule has 2 aromatic heterocycles. The van der Waals surface area contributed by atoms with Crippen LogP contribution in [0.25, 0.3) is 0 Å². The molecule has 0 amide bonds. The summed E-state index contributed by atoms with van der Waals surface area (Å²) in [6.07, 6.45) is 4.33. The van der Waals surface area contributed by atoms with Gasteiger partial charge in [0.1, 0.15) is 0 Å². The maximum atomic E-state index is 5.62.